The molecule has 2 saturated carbocycles. The van der Waals surface area contributed by atoms with Gasteiger partial charge >= 0.3 is 0 Å². The highest BCUT2D eigenvalue weighted by Gasteiger charge is 2.43. The summed E-state index contributed by atoms with van der Waals surface area (Å²) in [6.07, 6.45) is 7.24. The van der Waals surface area contributed by atoms with Gasteiger partial charge in [-0.2, -0.15) is 10.5 Å². The highest BCUT2D eigenvalue weighted by atomic mass is 16.6. The number of rotatable bonds is 3. The number of hydrogen-bond acceptors (Lipinski definition) is 8. The van der Waals surface area contributed by atoms with Crippen LogP contribution in [0.15, 0.2) is 24.0 Å². The number of carbonyl (C=O) groups excluding carboxylic acids is 1. The molecular formula is C52H90N2O6. The zero-order chi connectivity index (χ0) is 47.5. The van der Waals surface area contributed by atoms with Crippen LogP contribution in [0.5, 0.6) is 23.0 Å². The number of allylic oxidation sites excluding steroid dienone is 1. The van der Waals surface area contributed by atoms with Crippen molar-refractivity contribution in [3.8, 4) is 35.1 Å². The molecule has 4 aliphatic rings. The molecule has 0 N–H and O–H groups in total. The van der Waals surface area contributed by atoms with E-state index in [4.69, 9.17) is 23.7 Å². The van der Waals surface area contributed by atoms with E-state index < -0.39 is 10.8 Å². The van der Waals surface area contributed by atoms with Crippen LogP contribution in [0.2, 0.25) is 0 Å². The third-order valence-electron chi connectivity index (χ3n) is 9.47. The summed E-state index contributed by atoms with van der Waals surface area (Å²) in [6.45, 7) is 42.3. The molecule has 0 bridgehead atoms. The monoisotopic (exact) mass is 839 g/mol. The molecule has 8 nitrogen and oxygen atoms in total. The van der Waals surface area contributed by atoms with E-state index in [1.54, 1.807) is 7.11 Å². The number of benzene rings is 2. The number of ether oxygens (including phenoxy) is 5. The fraction of sp³-hybridized carbons (Fsp3) is 0.673. The summed E-state index contributed by atoms with van der Waals surface area (Å²) < 4.78 is 28.5. The number of methoxy groups -OCH3 is 1. The van der Waals surface area contributed by atoms with Crippen LogP contribution >= 0.6 is 0 Å². The van der Waals surface area contributed by atoms with Crippen molar-refractivity contribution in [2.75, 3.05) is 33.5 Å². The van der Waals surface area contributed by atoms with Crippen LogP contribution in [0, 0.1) is 50.4 Å². The van der Waals surface area contributed by atoms with Crippen LogP contribution in [0.4, 0.5) is 0 Å². The van der Waals surface area contributed by atoms with E-state index in [0.717, 1.165) is 82.1 Å². The number of aryl methyl sites for hydroxylation is 4. The number of carbonyl (C=O) groups is 1. The Hall–Kier alpha value is -4.17. The number of hydrogen-bond donors (Lipinski definition) is 0. The zero-order valence-corrected chi connectivity index (χ0v) is 42.6. The van der Waals surface area contributed by atoms with Gasteiger partial charge in [0, 0.05) is 24.0 Å². The summed E-state index contributed by atoms with van der Waals surface area (Å²) in [4.78, 5) is 11.6. The molecule has 60 heavy (non-hydrogen) atoms. The Kier molecular flexibility index (Phi) is 38.2. The second-order valence-electron chi connectivity index (χ2n) is 12.4. The molecule has 0 saturated heterocycles. The van der Waals surface area contributed by atoms with Gasteiger partial charge in [0.2, 0.25) is 0 Å². The first-order valence-electron chi connectivity index (χ1n) is 23.5. The van der Waals surface area contributed by atoms with Gasteiger partial charge in [0.05, 0.1) is 36.3 Å². The zero-order valence-electron chi connectivity index (χ0n) is 42.6. The smallest absolute Gasteiger partial charge is 0.166 e. The predicted molar refractivity (Wildman–Crippen MR) is 256 cm³/mol. The molecule has 2 heterocycles. The maximum absolute atomic E-state index is 11.6. The van der Waals surface area contributed by atoms with Gasteiger partial charge in [-0.05, 0) is 94.0 Å². The van der Waals surface area contributed by atoms with E-state index in [1.807, 2.05) is 138 Å². The van der Waals surface area contributed by atoms with E-state index in [2.05, 4.69) is 31.2 Å². The number of nitrogens with zero attached hydrogens (tertiary/aromatic N) is 2. The molecular weight excluding hydrogens is 749 g/mol. The third kappa shape index (κ3) is 16.7. The normalized spacial score (nSPS) is 16.6. The van der Waals surface area contributed by atoms with Crippen LogP contribution < -0.4 is 18.9 Å². The fourth-order valence-corrected chi connectivity index (χ4v) is 7.34. The number of fused-ring (bicyclic) bond motifs is 2. The van der Waals surface area contributed by atoms with Crippen LogP contribution in [0.3, 0.4) is 0 Å². The lowest BCUT2D eigenvalue weighted by Gasteiger charge is -2.36. The highest BCUT2D eigenvalue weighted by Crippen LogP contribution is 2.51. The van der Waals surface area contributed by atoms with Gasteiger partial charge in [0.15, 0.2) is 23.0 Å². The average Bonchev–Trinajstić information content (AvgIpc) is 3.33. The summed E-state index contributed by atoms with van der Waals surface area (Å²) in [5.41, 5.74) is 6.36. The van der Waals surface area contributed by atoms with Gasteiger partial charge in [-0.15, -0.1) is 0 Å². The Morgan fingerprint density at radius 1 is 0.500 bits per heavy atom. The van der Waals surface area contributed by atoms with Crippen molar-refractivity contribution in [3.63, 3.8) is 0 Å². The molecule has 0 amide bonds. The Morgan fingerprint density at radius 2 is 0.783 bits per heavy atom. The second-order valence-corrected chi connectivity index (χ2v) is 12.4. The Morgan fingerprint density at radius 3 is 1.07 bits per heavy atom. The SMILES string of the molecule is CC.CC.CC.CC.CC.CC.CC.CC.COC=C1CCC(C#N)(c2c(C)cc(C)c3c2OCCO3)CC1.Cc1cc(C)c(C2(C#N)CCC(=O)CC2)c2c1OCCO2. The Balaban J connectivity index is -0.000000393. The summed E-state index contributed by atoms with van der Waals surface area (Å²) in [6, 6.07) is 9.25. The molecule has 2 aliphatic carbocycles. The largest absolute Gasteiger partial charge is 0.504 e. The van der Waals surface area contributed by atoms with Crippen molar-refractivity contribution in [2.24, 2.45) is 0 Å². The second kappa shape index (κ2) is 36.7. The summed E-state index contributed by atoms with van der Waals surface area (Å²) >= 11 is 0. The maximum atomic E-state index is 11.6. The maximum Gasteiger partial charge on any atom is 0.166 e. The van der Waals surface area contributed by atoms with E-state index >= 15 is 0 Å². The molecule has 6 rings (SSSR count). The van der Waals surface area contributed by atoms with E-state index in [9.17, 15) is 15.3 Å². The first-order valence-corrected chi connectivity index (χ1v) is 23.5. The van der Waals surface area contributed by atoms with Crippen LogP contribution in [-0.2, 0) is 20.4 Å². The average molecular weight is 839 g/mol. The van der Waals surface area contributed by atoms with Gasteiger partial charge in [-0.1, -0.05) is 123 Å². The molecule has 344 valence electrons. The first-order chi connectivity index (χ1) is 29.2. The van der Waals surface area contributed by atoms with Gasteiger partial charge < -0.3 is 23.7 Å². The molecule has 0 atom stereocenters. The predicted octanol–water partition coefficient (Wildman–Crippen LogP) is 15.1. The van der Waals surface area contributed by atoms with Crippen molar-refractivity contribution in [3.05, 3.63) is 57.3 Å². The molecule has 2 fully saturated rings. The first kappa shape index (κ1) is 62.5. The van der Waals surface area contributed by atoms with Gasteiger partial charge in [-0.3, -0.25) is 4.79 Å². The van der Waals surface area contributed by atoms with Crippen LogP contribution in [-0.4, -0.2) is 39.3 Å². The molecule has 0 aromatic heterocycles. The van der Waals surface area contributed by atoms with Crippen molar-refractivity contribution >= 4 is 5.78 Å². The van der Waals surface area contributed by atoms with E-state index in [0.29, 0.717) is 52.1 Å². The minimum atomic E-state index is -0.628. The molecule has 2 aromatic rings. The van der Waals surface area contributed by atoms with Crippen molar-refractivity contribution in [1.82, 2.24) is 0 Å². The van der Waals surface area contributed by atoms with Crippen molar-refractivity contribution < 1.29 is 28.5 Å². The number of nitriles is 2. The van der Waals surface area contributed by atoms with Crippen molar-refractivity contribution in [2.45, 2.75) is 201 Å². The van der Waals surface area contributed by atoms with Crippen LogP contribution in [0.1, 0.15) is 196 Å². The summed E-state index contributed by atoms with van der Waals surface area (Å²) in [5, 5.41) is 19.8. The molecule has 0 unspecified atom stereocenters. The Bertz CT molecular complexity index is 1540. The topological polar surface area (TPSA) is 111 Å². The van der Waals surface area contributed by atoms with E-state index in [1.165, 1.54) is 5.57 Å². The quantitative estimate of drug-likeness (QED) is 0.281. The highest BCUT2D eigenvalue weighted by molar-refractivity contribution is 5.80. The molecule has 8 heteroatoms. The lowest BCUT2D eigenvalue weighted by atomic mass is 9.67. The lowest BCUT2D eigenvalue weighted by molar-refractivity contribution is -0.121. The molecule has 0 spiro atoms. The third-order valence-corrected chi connectivity index (χ3v) is 9.47. The standard InChI is InChI=1S/C19H23NO3.C17H19NO3.8C2H6/c1-13-10-14(2)17-18(23-9-8-22-17)16(13)19(12-20)6-4-15(5-7-19)11-21-3;1-11-9-12(2)15-16(21-8-7-20-15)14(11)17(10-18)5-3-13(19)4-6-17;8*1-2/h10-11H,4-9H2,1-3H3;9H,3-8H2,1-2H3;8*1-2H3. The molecule has 2 aromatic carbocycles. The van der Waals surface area contributed by atoms with Gasteiger partial charge in [0.1, 0.15) is 32.2 Å². The Labute approximate surface area is 370 Å². The fourth-order valence-electron chi connectivity index (χ4n) is 7.34. The van der Waals surface area contributed by atoms with Crippen molar-refractivity contribution in [1.29, 1.82) is 10.5 Å². The summed E-state index contributed by atoms with van der Waals surface area (Å²) in [7, 11) is 1.67. The van der Waals surface area contributed by atoms with Gasteiger partial charge in [0.25, 0.3) is 0 Å². The molecule has 0 radical (unpaired) electrons. The minimum Gasteiger partial charge on any atom is -0.504 e. The van der Waals surface area contributed by atoms with Crippen LogP contribution in [0.25, 0.3) is 0 Å². The minimum absolute atomic E-state index is 0.247. The summed E-state index contributed by atoms with van der Waals surface area (Å²) in [5.74, 6) is 3.32. The lowest BCUT2D eigenvalue weighted by Crippen LogP contribution is -2.33. The van der Waals surface area contributed by atoms with Gasteiger partial charge in [-0.25, -0.2) is 0 Å². The van der Waals surface area contributed by atoms with E-state index in [-0.39, 0.29) is 5.78 Å². The number of ketones is 1. The molecule has 2 aliphatic heterocycles. The number of Topliss-reactive ketones (excluding diaryl/α,β-unsaturated/α-hetero) is 1.